The highest BCUT2D eigenvalue weighted by Crippen LogP contribution is 2.29. The standard InChI is InChI=1S/C16H19N3O/c1-20-14-12-17-15(13-8-4-2-5-9-13)18-16(14)19-10-6-3-7-11-19/h2,4-5,8-9,12H,3,6-7,10-11H2,1H3. The molecular formula is C16H19N3O. The maximum Gasteiger partial charge on any atom is 0.179 e. The summed E-state index contributed by atoms with van der Waals surface area (Å²) in [4.78, 5) is 11.4. The molecule has 1 aliphatic heterocycles. The minimum Gasteiger partial charge on any atom is -0.491 e. The first-order valence-electron chi connectivity index (χ1n) is 7.10. The third-order valence-corrected chi connectivity index (χ3v) is 3.64. The molecule has 1 aromatic heterocycles. The number of hydrogen-bond donors (Lipinski definition) is 0. The number of hydrogen-bond acceptors (Lipinski definition) is 4. The van der Waals surface area contributed by atoms with Gasteiger partial charge in [0.1, 0.15) is 0 Å². The molecule has 0 amide bonds. The van der Waals surface area contributed by atoms with E-state index in [9.17, 15) is 0 Å². The van der Waals surface area contributed by atoms with Gasteiger partial charge in [-0.3, -0.25) is 0 Å². The maximum absolute atomic E-state index is 5.42. The predicted octanol–water partition coefficient (Wildman–Crippen LogP) is 3.14. The summed E-state index contributed by atoms with van der Waals surface area (Å²) in [6.45, 7) is 2.09. The third kappa shape index (κ3) is 2.59. The van der Waals surface area contributed by atoms with Crippen LogP contribution in [0, 0.1) is 0 Å². The van der Waals surface area contributed by atoms with Gasteiger partial charge in [-0.15, -0.1) is 0 Å². The number of aromatic nitrogens is 2. The molecule has 3 rings (SSSR count). The highest BCUT2D eigenvalue weighted by Gasteiger charge is 2.18. The predicted molar refractivity (Wildman–Crippen MR) is 80.1 cm³/mol. The molecule has 2 heterocycles. The molecule has 4 nitrogen and oxygen atoms in total. The van der Waals surface area contributed by atoms with Crippen molar-refractivity contribution in [3.8, 4) is 17.1 Å². The van der Waals surface area contributed by atoms with E-state index in [1.807, 2.05) is 30.3 Å². The van der Waals surface area contributed by atoms with Gasteiger partial charge in [0.2, 0.25) is 0 Å². The van der Waals surface area contributed by atoms with Crippen molar-refractivity contribution >= 4 is 5.82 Å². The highest BCUT2D eigenvalue weighted by atomic mass is 16.5. The number of ether oxygens (including phenoxy) is 1. The van der Waals surface area contributed by atoms with E-state index in [-0.39, 0.29) is 0 Å². The molecule has 1 aromatic carbocycles. The van der Waals surface area contributed by atoms with Crippen molar-refractivity contribution in [1.82, 2.24) is 9.97 Å². The summed E-state index contributed by atoms with van der Waals surface area (Å²) >= 11 is 0. The van der Waals surface area contributed by atoms with Crippen molar-refractivity contribution in [2.24, 2.45) is 0 Å². The smallest absolute Gasteiger partial charge is 0.179 e. The first kappa shape index (κ1) is 12.9. The Kier molecular flexibility index (Phi) is 3.81. The van der Waals surface area contributed by atoms with Gasteiger partial charge >= 0.3 is 0 Å². The molecular weight excluding hydrogens is 250 g/mol. The second-order valence-electron chi connectivity index (χ2n) is 5.00. The second-order valence-corrected chi connectivity index (χ2v) is 5.00. The lowest BCUT2D eigenvalue weighted by Crippen LogP contribution is -2.30. The molecule has 0 radical (unpaired) electrons. The molecule has 1 fully saturated rings. The summed E-state index contributed by atoms with van der Waals surface area (Å²) in [6, 6.07) is 10.1. The number of piperidine rings is 1. The summed E-state index contributed by atoms with van der Waals surface area (Å²) in [7, 11) is 1.67. The van der Waals surface area contributed by atoms with Crippen LogP contribution in [0.2, 0.25) is 0 Å². The molecule has 2 aromatic rings. The zero-order valence-electron chi connectivity index (χ0n) is 11.7. The lowest BCUT2D eigenvalue weighted by molar-refractivity contribution is 0.408. The van der Waals surface area contributed by atoms with Gasteiger partial charge in [0.05, 0.1) is 13.3 Å². The number of anilines is 1. The second kappa shape index (κ2) is 5.90. The van der Waals surface area contributed by atoms with E-state index < -0.39 is 0 Å². The van der Waals surface area contributed by atoms with E-state index in [4.69, 9.17) is 9.72 Å². The summed E-state index contributed by atoms with van der Waals surface area (Å²) < 4.78 is 5.42. The fourth-order valence-electron chi connectivity index (χ4n) is 2.56. The van der Waals surface area contributed by atoms with Crippen LogP contribution in [0.25, 0.3) is 11.4 Å². The molecule has 4 heteroatoms. The fraction of sp³-hybridized carbons (Fsp3) is 0.375. The molecule has 0 N–H and O–H groups in total. The van der Waals surface area contributed by atoms with Crippen molar-refractivity contribution in [1.29, 1.82) is 0 Å². The Balaban J connectivity index is 1.98. The Labute approximate surface area is 119 Å². The molecule has 0 atom stereocenters. The Morgan fingerprint density at radius 2 is 1.80 bits per heavy atom. The van der Waals surface area contributed by atoms with E-state index >= 15 is 0 Å². The van der Waals surface area contributed by atoms with Crippen LogP contribution >= 0.6 is 0 Å². The van der Waals surface area contributed by atoms with Crippen LogP contribution in [-0.4, -0.2) is 30.2 Å². The number of methoxy groups -OCH3 is 1. The van der Waals surface area contributed by atoms with E-state index in [0.29, 0.717) is 0 Å². The van der Waals surface area contributed by atoms with Gasteiger partial charge in [0.15, 0.2) is 17.4 Å². The molecule has 104 valence electrons. The largest absolute Gasteiger partial charge is 0.491 e. The molecule has 1 saturated heterocycles. The van der Waals surface area contributed by atoms with E-state index in [1.54, 1.807) is 13.3 Å². The van der Waals surface area contributed by atoms with Gasteiger partial charge in [-0.1, -0.05) is 30.3 Å². The van der Waals surface area contributed by atoms with Crippen molar-refractivity contribution in [2.45, 2.75) is 19.3 Å². The number of rotatable bonds is 3. The molecule has 0 saturated carbocycles. The summed E-state index contributed by atoms with van der Waals surface area (Å²) in [5, 5.41) is 0. The number of benzene rings is 1. The Morgan fingerprint density at radius 3 is 2.50 bits per heavy atom. The average molecular weight is 269 g/mol. The Hall–Kier alpha value is -2.10. The van der Waals surface area contributed by atoms with Crippen molar-refractivity contribution in [2.75, 3.05) is 25.1 Å². The van der Waals surface area contributed by atoms with Gasteiger partial charge in [-0.05, 0) is 19.3 Å². The summed E-state index contributed by atoms with van der Waals surface area (Å²) in [5.74, 6) is 2.43. The monoisotopic (exact) mass is 269 g/mol. The van der Waals surface area contributed by atoms with Gasteiger partial charge in [0, 0.05) is 18.7 Å². The maximum atomic E-state index is 5.42. The zero-order valence-corrected chi connectivity index (χ0v) is 11.7. The summed E-state index contributed by atoms with van der Waals surface area (Å²) in [6.07, 6.45) is 5.51. The average Bonchev–Trinajstić information content (AvgIpc) is 2.56. The van der Waals surface area contributed by atoms with Crippen LogP contribution in [0.3, 0.4) is 0 Å². The molecule has 0 unspecified atom stereocenters. The van der Waals surface area contributed by atoms with Crippen LogP contribution < -0.4 is 9.64 Å². The highest BCUT2D eigenvalue weighted by molar-refractivity contribution is 5.61. The minimum absolute atomic E-state index is 0.756. The van der Waals surface area contributed by atoms with Crippen molar-refractivity contribution < 1.29 is 4.74 Å². The van der Waals surface area contributed by atoms with Crippen LogP contribution in [0.5, 0.6) is 5.75 Å². The topological polar surface area (TPSA) is 38.3 Å². The first-order chi connectivity index (χ1) is 9.88. The number of nitrogens with zero attached hydrogens (tertiary/aromatic N) is 3. The van der Waals surface area contributed by atoms with E-state index in [0.717, 1.165) is 36.0 Å². The molecule has 0 spiro atoms. The van der Waals surface area contributed by atoms with Gasteiger partial charge in [-0.2, -0.15) is 0 Å². The fourth-order valence-corrected chi connectivity index (χ4v) is 2.56. The van der Waals surface area contributed by atoms with E-state index in [2.05, 4.69) is 9.88 Å². The molecule has 0 bridgehead atoms. The van der Waals surface area contributed by atoms with Gasteiger partial charge in [-0.25, -0.2) is 9.97 Å². The van der Waals surface area contributed by atoms with Crippen molar-refractivity contribution in [3.63, 3.8) is 0 Å². The summed E-state index contributed by atoms with van der Waals surface area (Å²) in [5.41, 5.74) is 1.04. The lowest BCUT2D eigenvalue weighted by Gasteiger charge is -2.28. The quantitative estimate of drug-likeness (QED) is 0.858. The first-order valence-corrected chi connectivity index (χ1v) is 7.10. The van der Waals surface area contributed by atoms with Gasteiger partial charge < -0.3 is 9.64 Å². The minimum atomic E-state index is 0.756. The lowest BCUT2D eigenvalue weighted by atomic mass is 10.1. The molecule has 0 aliphatic carbocycles. The normalized spacial score (nSPS) is 15.2. The molecule has 20 heavy (non-hydrogen) atoms. The third-order valence-electron chi connectivity index (χ3n) is 3.64. The zero-order chi connectivity index (χ0) is 13.8. The Bertz CT molecular complexity index is 565. The van der Waals surface area contributed by atoms with Crippen LogP contribution in [0.1, 0.15) is 19.3 Å². The van der Waals surface area contributed by atoms with E-state index in [1.165, 1.54) is 19.3 Å². The van der Waals surface area contributed by atoms with Crippen LogP contribution in [0.15, 0.2) is 36.5 Å². The van der Waals surface area contributed by atoms with Gasteiger partial charge in [0.25, 0.3) is 0 Å². The Morgan fingerprint density at radius 1 is 1.05 bits per heavy atom. The SMILES string of the molecule is COc1cnc(-c2ccccc2)nc1N1CCCCC1. The van der Waals surface area contributed by atoms with Crippen LogP contribution in [0.4, 0.5) is 5.82 Å². The van der Waals surface area contributed by atoms with Crippen LogP contribution in [-0.2, 0) is 0 Å². The molecule has 1 aliphatic rings. The van der Waals surface area contributed by atoms with Crippen molar-refractivity contribution in [3.05, 3.63) is 36.5 Å².